The Morgan fingerprint density at radius 2 is 1.63 bits per heavy atom. The van der Waals surface area contributed by atoms with Crippen molar-refractivity contribution in [3.05, 3.63) is 46.6 Å². The average Bonchev–Trinajstić information content (AvgIpc) is 2.76. The number of hydrogen-bond donors (Lipinski definition) is 1. The van der Waals surface area contributed by atoms with Gasteiger partial charge in [0.1, 0.15) is 17.4 Å². The van der Waals surface area contributed by atoms with E-state index in [-0.39, 0.29) is 30.0 Å². The van der Waals surface area contributed by atoms with Crippen molar-refractivity contribution < 1.29 is 45.4 Å². The van der Waals surface area contributed by atoms with E-state index in [1.807, 2.05) is 0 Å². The molecule has 1 aromatic heterocycles. The molecule has 1 atom stereocenters. The Hall–Kier alpha value is -3.58. The summed E-state index contributed by atoms with van der Waals surface area (Å²) in [4.78, 5) is 34.3. The van der Waals surface area contributed by atoms with Crippen molar-refractivity contribution in [3.63, 3.8) is 0 Å². The molecule has 35 heavy (non-hydrogen) atoms. The first-order chi connectivity index (χ1) is 16.2. The Morgan fingerprint density at radius 3 is 2.09 bits per heavy atom. The molecular formula is C21H22F6N4O4. The first-order valence-corrected chi connectivity index (χ1v) is 10.0. The maximum Gasteiger partial charge on any atom is 0.416 e. The molecule has 0 amide bonds. The third-order valence-electron chi connectivity index (χ3n) is 4.56. The third-order valence-corrected chi connectivity index (χ3v) is 4.56. The Kier molecular flexibility index (Phi) is 8.52. The predicted molar refractivity (Wildman–Crippen MR) is 112 cm³/mol. The molecule has 1 aromatic carbocycles. The van der Waals surface area contributed by atoms with Crippen LogP contribution in [0.5, 0.6) is 0 Å². The normalized spacial score (nSPS) is 12.6. The van der Waals surface area contributed by atoms with Gasteiger partial charge in [0.15, 0.2) is 0 Å². The molecular weight excluding hydrogens is 486 g/mol. The lowest BCUT2D eigenvalue weighted by Gasteiger charge is -2.21. The van der Waals surface area contributed by atoms with E-state index in [0.29, 0.717) is 12.1 Å². The number of anilines is 2. The number of hydrogen-bond acceptors (Lipinski definition) is 8. The number of carbonyl (C=O) groups is 2. The number of benzene rings is 1. The minimum Gasteiger partial charge on any atom is -0.467 e. The molecule has 192 valence electrons. The quantitative estimate of drug-likeness (QED) is 0.423. The minimum absolute atomic E-state index is 0.00140. The number of alkyl halides is 6. The highest BCUT2D eigenvalue weighted by molar-refractivity contribution is 5.95. The van der Waals surface area contributed by atoms with E-state index in [0.717, 1.165) is 13.3 Å². The van der Waals surface area contributed by atoms with Crippen LogP contribution in [0.15, 0.2) is 24.4 Å². The second-order valence-corrected chi connectivity index (χ2v) is 7.39. The van der Waals surface area contributed by atoms with Crippen molar-refractivity contribution >= 4 is 23.7 Å². The molecule has 0 spiro atoms. The van der Waals surface area contributed by atoms with Crippen LogP contribution in [0.2, 0.25) is 0 Å². The topological polar surface area (TPSA) is 93.6 Å². The number of aromatic nitrogens is 2. The molecule has 2 rings (SSSR count). The zero-order valence-corrected chi connectivity index (χ0v) is 19.0. The highest BCUT2D eigenvalue weighted by atomic mass is 19.4. The summed E-state index contributed by atoms with van der Waals surface area (Å²) >= 11 is 0. The molecule has 1 unspecified atom stereocenters. The zero-order chi connectivity index (χ0) is 26.6. The summed E-state index contributed by atoms with van der Waals surface area (Å²) in [6.07, 6.45) is -9.66. The van der Waals surface area contributed by atoms with Crippen LogP contribution >= 0.6 is 0 Å². The van der Waals surface area contributed by atoms with E-state index in [2.05, 4.69) is 20.0 Å². The van der Waals surface area contributed by atoms with Crippen molar-refractivity contribution in [2.45, 2.75) is 31.7 Å². The summed E-state index contributed by atoms with van der Waals surface area (Å²) in [7, 11) is 4.16. The molecule has 2 aromatic rings. The number of carbonyl (C=O) groups excluding carboxylic acids is 2. The molecule has 0 aliphatic heterocycles. The van der Waals surface area contributed by atoms with Gasteiger partial charge in [-0.25, -0.2) is 14.6 Å². The molecule has 1 heterocycles. The molecule has 14 heteroatoms. The SMILES string of the molecule is CCOC(=O)c1cnc(N(C)C)nc1NC(Cc1cc(C(F)(F)F)cc(C(F)(F)F)c1)C(=O)OC. The van der Waals surface area contributed by atoms with Gasteiger partial charge in [-0.15, -0.1) is 0 Å². The third kappa shape index (κ3) is 7.20. The first kappa shape index (κ1) is 27.7. The van der Waals surface area contributed by atoms with E-state index in [4.69, 9.17) is 4.74 Å². The number of nitrogens with one attached hydrogen (secondary N) is 1. The lowest BCUT2D eigenvalue weighted by molar-refractivity contribution is -0.143. The van der Waals surface area contributed by atoms with Gasteiger partial charge in [-0.1, -0.05) is 0 Å². The van der Waals surface area contributed by atoms with Crippen LogP contribution in [0.3, 0.4) is 0 Å². The summed E-state index contributed by atoms with van der Waals surface area (Å²) in [6.45, 7) is 1.54. The van der Waals surface area contributed by atoms with Gasteiger partial charge in [0.25, 0.3) is 0 Å². The fraction of sp³-hybridized carbons (Fsp3) is 0.429. The fourth-order valence-corrected chi connectivity index (χ4v) is 2.93. The monoisotopic (exact) mass is 508 g/mol. The fourth-order valence-electron chi connectivity index (χ4n) is 2.93. The molecule has 0 aliphatic carbocycles. The number of halogens is 6. The Labute approximate surface area is 196 Å². The summed E-state index contributed by atoms with van der Waals surface area (Å²) in [5, 5.41) is 2.58. The molecule has 0 saturated heterocycles. The number of methoxy groups -OCH3 is 1. The van der Waals surface area contributed by atoms with E-state index >= 15 is 0 Å². The number of esters is 2. The van der Waals surface area contributed by atoms with Crippen LogP contribution in [0.1, 0.15) is 34.0 Å². The van der Waals surface area contributed by atoms with E-state index in [1.54, 1.807) is 21.0 Å². The molecule has 1 N–H and O–H groups in total. The van der Waals surface area contributed by atoms with Crippen molar-refractivity contribution in [1.29, 1.82) is 0 Å². The van der Waals surface area contributed by atoms with Crippen molar-refractivity contribution in [3.8, 4) is 0 Å². The van der Waals surface area contributed by atoms with Gasteiger partial charge < -0.3 is 19.7 Å². The standard InChI is InChI=1S/C21H22F6N4O4/c1-5-35-17(32)14-10-28-19(31(2)3)30-16(14)29-15(18(33)34-4)8-11-6-12(20(22,23)24)9-13(7-11)21(25,26)27/h6-7,9-10,15H,5,8H2,1-4H3,(H,28,29,30). The number of nitrogens with zero attached hydrogens (tertiary/aromatic N) is 3. The first-order valence-electron chi connectivity index (χ1n) is 10.0. The second-order valence-electron chi connectivity index (χ2n) is 7.39. The van der Waals surface area contributed by atoms with Gasteiger partial charge in [0, 0.05) is 26.7 Å². The van der Waals surface area contributed by atoms with Crippen molar-refractivity contribution in [1.82, 2.24) is 9.97 Å². The van der Waals surface area contributed by atoms with Crippen LogP contribution < -0.4 is 10.2 Å². The van der Waals surface area contributed by atoms with Gasteiger partial charge in [-0.2, -0.15) is 31.3 Å². The largest absolute Gasteiger partial charge is 0.467 e. The Morgan fingerprint density at radius 1 is 1.06 bits per heavy atom. The highest BCUT2D eigenvalue weighted by Crippen LogP contribution is 2.36. The van der Waals surface area contributed by atoms with Gasteiger partial charge in [-0.3, -0.25) is 0 Å². The van der Waals surface area contributed by atoms with E-state index in [1.165, 1.54) is 4.90 Å². The van der Waals surface area contributed by atoms with Gasteiger partial charge in [0.2, 0.25) is 5.95 Å². The molecule has 8 nitrogen and oxygen atoms in total. The number of rotatable bonds is 8. The maximum absolute atomic E-state index is 13.2. The predicted octanol–water partition coefficient (Wildman–Crippen LogP) is 3.95. The lowest BCUT2D eigenvalue weighted by Crippen LogP contribution is -2.34. The van der Waals surface area contributed by atoms with Crippen LogP contribution in [0.25, 0.3) is 0 Å². The lowest BCUT2D eigenvalue weighted by atomic mass is 9.99. The van der Waals surface area contributed by atoms with Crippen LogP contribution in [-0.4, -0.2) is 55.8 Å². The summed E-state index contributed by atoms with van der Waals surface area (Å²) in [6, 6.07) is -0.520. The smallest absolute Gasteiger partial charge is 0.416 e. The zero-order valence-electron chi connectivity index (χ0n) is 19.0. The van der Waals surface area contributed by atoms with Crippen LogP contribution in [0, 0.1) is 0 Å². The second kappa shape index (κ2) is 10.8. The molecule has 0 fully saturated rings. The van der Waals surface area contributed by atoms with Gasteiger partial charge in [-0.05, 0) is 30.7 Å². The summed E-state index contributed by atoms with van der Waals surface area (Å²) < 4.78 is 89.0. The van der Waals surface area contributed by atoms with E-state index in [9.17, 15) is 35.9 Å². The van der Waals surface area contributed by atoms with Crippen LogP contribution in [0.4, 0.5) is 38.1 Å². The maximum atomic E-state index is 13.2. The molecule has 0 radical (unpaired) electrons. The summed E-state index contributed by atoms with van der Waals surface area (Å²) in [5.41, 5.74) is -3.72. The molecule has 0 bridgehead atoms. The van der Waals surface area contributed by atoms with Crippen LogP contribution in [-0.2, 0) is 33.0 Å². The average molecular weight is 508 g/mol. The number of ether oxygens (including phenoxy) is 2. The minimum atomic E-state index is -5.06. The van der Waals surface area contributed by atoms with Gasteiger partial charge >= 0.3 is 24.3 Å². The Balaban J connectivity index is 2.55. The van der Waals surface area contributed by atoms with Gasteiger partial charge in [0.05, 0.1) is 24.8 Å². The van der Waals surface area contributed by atoms with Crippen molar-refractivity contribution in [2.75, 3.05) is 38.0 Å². The Bertz CT molecular complexity index is 1040. The summed E-state index contributed by atoms with van der Waals surface area (Å²) in [5.74, 6) is -2.00. The van der Waals surface area contributed by atoms with E-state index < -0.39 is 53.4 Å². The molecule has 0 saturated carbocycles. The highest BCUT2D eigenvalue weighted by Gasteiger charge is 2.37. The van der Waals surface area contributed by atoms with Crippen molar-refractivity contribution in [2.24, 2.45) is 0 Å². The molecule has 0 aliphatic rings.